The molecule has 116 valence electrons. The molecule has 2 fully saturated rings. The second kappa shape index (κ2) is 6.01. The summed E-state index contributed by atoms with van der Waals surface area (Å²) in [5.41, 5.74) is 0.745. The van der Waals surface area contributed by atoms with E-state index in [2.05, 4.69) is 23.7 Å². The molecule has 4 nitrogen and oxygen atoms in total. The molecule has 1 aromatic heterocycles. The molecule has 3 rings (SSSR count). The molecule has 1 saturated heterocycles. The molecule has 5 heteroatoms. The number of carbonyl (C=O) groups is 1. The summed E-state index contributed by atoms with van der Waals surface area (Å²) in [6, 6.07) is 2.91. The number of nitrogens with one attached hydrogen (secondary N) is 1. The average molecular weight is 310 g/mol. The molecule has 1 aliphatic heterocycles. The number of aromatic nitrogens is 1. The highest BCUT2D eigenvalue weighted by Crippen LogP contribution is 2.37. The Bertz CT molecular complexity index is 516. The van der Waals surface area contributed by atoms with Crippen LogP contribution < -0.4 is 5.32 Å². The van der Waals surface area contributed by atoms with Crippen molar-refractivity contribution in [2.75, 3.05) is 13.1 Å². The number of hydrogen-bond donors (Lipinski definition) is 1. The Morgan fingerprint density at radius 1 is 1.48 bits per heavy atom. The van der Waals surface area contributed by atoms with E-state index < -0.39 is 0 Å². The number of halogens is 1. The summed E-state index contributed by atoms with van der Waals surface area (Å²) >= 11 is 6.13. The zero-order valence-electron chi connectivity index (χ0n) is 12.8. The van der Waals surface area contributed by atoms with Crippen molar-refractivity contribution in [1.29, 1.82) is 0 Å². The molecule has 1 aliphatic carbocycles. The Hall–Kier alpha value is -1.00. The average Bonchev–Trinajstić information content (AvgIpc) is 3.01. The Labute approximate surface area is 131 Å². The molecule has 0 bridgehead atoms. The molecule has 1 unspecified atom stereocenters. The van der Waals surface area contributed by atoms with Gasteiger partial charge in [0, 0.05) is 30.9 Å². The van der Waals surface area contributed by atoms with Crippen molar-refractivity contribution >= 4 is 17.5 Å². The quantitative estimate of drug-likeness (QED) is 0.907. The van der Waals surface area contributed by atoms with Gasteiger partial charge in [-0.15, -0.1) is 0 Å². The van der Waals surface area contributed by atoms with Gasteiger partial charge in [-0.1, -0.05) is 11.6 Å². The maximum atomic E-state index is 13.0. The van der Waals surface area contributed by atoms with Crippen LogP contribution in [0.25, 0.3) is 0 Å². The van der Waals surface area contributed by atoms with Crippen LogP contribution >= 0.6 is 11.6 Å². The van der Waals surface area contributed by atoms with E-state index >= 15 is 0 Å². The van der Waals surface area contributed by atoms with Crippen LogP contribution in [0.15, 0.2) is 12.3 Å². The number of rotatable bonds is 5. The van der Waals surface area contributed by atoms with Crippen LogP contribution in [0, 0.1) is 0 Å². The first-order chi connectivity index (χ1) is 10.1. The highest BCUT2D eigenvalue weighted by Gasteiger charge is 2.31. The van der Waals surface area contributed by atoms with Crippen molar-refractivity contribution in [3.05, 3.63) is 23.0 Å². The molecular weight excluding hydrogens is 286 g/mol. The van der Waals surface area contributed by atoms with Crippen LogP contribution in [0.1, 0.15) is 56.1 Å². The maximum Gasteiger partial charge on any atom is 0.270 e. The molecule has 1 aromatic rings. The molecule has 0 aromatic carbocycles. The first-order valence-corrected chi connectivity index (χ1v) is 8.36. The van der Waals surface area contributed by atoms with E-state index in [0.717, 1.165) is 38.0 Å². The van der Waals surface area contributed by atoms with Gasteiger partial charge >= 0.3 is 0 Å². The largest absolute Gasteiger partial charge is 0.339 e. The van der Waals surface area contributed by atoms with Crippen LogP contribution in [0.4, 0.5) is 0 Å². The molecule has 0 radical (unpaired) electrons. The van der Waals surface area contributed by atoms with Crippen molar-refractivity contribution in [2.45, 2.75) is 57.7 Å². The summed E-state index contributed by atoms with van der Waals surface area (Å²) in [5.74, 6) is 0.109. The fraction of sp³-hybridized carbons (Fsp3) is 0.688. The highest BCUT2D eigenvalue weighted by atomic mass is 35.5. The molecule has 1 amide bonds. The summed E-state index contributed by atoms with van der Waals surface area (Å²) in [7, 11) is 0. The summed E-state index contributed by atoms with van der Waals surface area (Å²) in [6.45, 7) is 6.01. The monoisotopic (exact) mass is 309 g/mol. The minimum Gasteiger partial charge on any atom is -0.339 e. The normalized spacial score (nSPS) is 22.0. The second-order valence-corrected chi connectivity index (χ2v) is 6.96. The number of carbonyl (C=O) groups excluding carboxylic acids is 1. The predicted octanol–water partition coefficient (Wildman–Crippen LogP) is 3.08. The van der Waals surface area contributed by atoms with Gasteiger partial charge in [-0.3, -0.25) is 4.79 Å². The lowest BCUT2D eigenvalue weighted by Crippen LogP contribution is -2.45. The zero-order chi connectivity index (χ0) is 15.0. The lowest BCUT2D eigenvalue weighted by atomic mass is 10.1. The van der Waals surface area contributed by atoms with Crippen LogP contribution in [-0.2, 0) is 0 Å². The smallest absolute Gasteiger partial charge is 0.270 e. The zero-order valence-corrected chi connectivity index (χ0v) is 13.6. The van der Waals surface area contributed by atoms with Crippen molar-refractivity contribution < 1.29 is 4.79 Å². The maximum absolute atomic E-state index is 13.0. The van der Waals surface area contributed by atoms with Gasteiger partial charge in [0.2, 0.25) is 0 Å². The predicted molar refractivity (Wildman–Crippen MR) is 84.9 cm³/mol. The van der Waals surface area contributed by atoms with Gasteiger partial charge in [-0.05, 0) is 52.1 Å². The summed E-state index contributed by atoms with van der Waals surface area (Å²) < 4.78 is 2.07. The summed E-state index contributed by atoms with van der Waals surface area (Å²) in [5, 5.41) is 4.14. The Balaban J connectivity index is 1.79. The van der Waals surface area contributed by atoms with E-state index in [9.17, 15) is 4.79 Å². The fourth-order valence-electron chi connectivity index (χ4n) is 3.10. The molecule has 1 N–H and O–H groups in total. The molecular formula is C16H24ClN3O. The summed E-state index contributed by atoms with van der Waals surface area (Å²) in [4.78, 5) is 14.9. The number of hydrogen-bond acceptors (Lipinski definition) is 2. The first kappa shape index (κ1) is 14.9. The highest BCUT2D eigenvalue weighted by molar-refractivity contribution is 6.31. The van der Waals surface area contributed by atoms with Gasteiger partial charge < -0.3 is 14.8 Å². The minimum absolute atomic E-state index is 0.109. The second-order valence-electron chi connectivity index (χ2n) is 6.53. The van der Waals surface area contributed by atoms with Gasteiger partial charge in [-0.2, -0.15) is 0 Å². The Kier molecular flexibility index (Phi) is 4.27. The van der Waals surface area contributed by atoms with Crippen molar-refractivity contribution in [2.24, 2.45) is 0 Å². The number of amides is 1. The topological polar surface area (TPSA) is 37.3 Å². The lowest BCUT2D eigenvalue weighted by Gasteiger charge is -2.30. The molecule has 2 aliphatic rings. The van der Waals surface area contributed by atoms with Crippen molar-refractivity contribution in [3.8, 4) is 0 Å². The van der Waals surface area contributed by atoms with Crippen molar-refractivity contribution in [1.82, 2.24) is 14.8 Å². The molecule has 2 heterocycles. The molecule has 0 spiro atoms. The van der Waals surface area contributed by atoms with Gasteiger partial charge in [0.1, 0.15) is 5.69 Å². The van der Waals surface area contributed by atoms with Gasteiger partial charge in [0.25, 0.3) is 5.91 Å². The van der Waals surface area contributed by atoms with E-state index in [-0.39, 0.29) is 11.9 Å². The first-order valence-electron chi connectivity index (χ1n) is 7.98. The van der Waals surface area contributed by atoms with Crippen LogP contribution in [0.3, 0.4) is 0 Å². The Morgan fingerprint density at radius 3 is 2.81 bits per heavy atom. The SMILES string of the molecule is CC(C)N(CC1CCCN1)C(=O)c1cc(Cl)cn1C1CC1. The molecule has 21 heavy (non-hydrogen) atoms. The van der Waals surface area contributed by atoms with Gasteiger partial charge in [0.05, 0.1) is 5.02 Å². The van der Waals surface area contributed by atoms with Crippen LogP contribution in [0.2, 0.25) is 5.02 Å². The third kappa shape index (κ3) is 3.27. The minimum atomic E-state index is 0.109. The van der Waals surface area contributed by atoms with Crippen molar-refractivity contribution in [3.63, 3.8) is 0 Å². The van der Waals surface area contributed by atoms with Crippen LogP contribution in [-0.4, -0.2) is 40.5 Å². The van der Waals surface area contributed by atoms with Gasteiger partial charge in [-0.25, -0.2) is 0 Å². The van der Waals surface area contributed by atoms with Gasteiger partial charge in [0.15, 0.2) is 0 Å². The Morgan fingerprint density at radius 2 is 2.24 bits per heavy atom. The number of nitrogens with zero attached hydrogens (tertiary/aromatic N) is 2. The van der Waals surface area contributed by atoms with E-state index in [1.54, 1.807) is 0 Å². The molecule has 1 atom stereocenters. The van der Waals surface area contributed by atoms with E-state index in [1.165, 1.54) is 6.42 Å². The standard InChI is InChI=1S/C16H24ClN3O/c1-11(2)19(10-13-4-3-7-18-13)16(21)15-8-12(17)9-20(15)14-5-6-14/h8-9,11,13-14,18H,3-7,10H2,1-2H3. The summed E-state index contributed by atoms with van der Waals surface area (Å²) in [6.07, 6.45) is 6.56. The van der Waals surface area contributed by atoms with E-state index in [0.29, 0.717) is 17.1 Å². The van der Waals surface area contributed by atoms with E-state index in [4.69, 9.17) is 11.6 Å². The third-order valence-corrected chi connectivity index (χ3v) is 4.64. The lowest BCUT2D eigenvalue weighted by molar-refractivity contribution is 0.0677. The fourth-order valence-corrected chi connectivity index (χ4v) is 3.31. The third-order valence-electron chi connectivity index (χ3n) is 4.44. The molecule has 1 saturated carbocycles. The van der Waals surface area contributed by atoms with E-state index in [1.807, 2.05) is 17.2 Å². The van der Waals surface area contributed by atoms with Crippen LogP contribution in [0.5, 0.6) is 0 Å².